The fourth-order valence-electron chi connectivity index (χ4n) is 2.44. The van der Waals surface area contributed by atoms with Crippen molar-refractivity contribution in [1.82, 2.24) is 9.55 Å². The van der Waals surface area contributed by atoms with Crippen LogP contribution < -0.4 is 10.3 Å². The number of carbonyl (C=O) groups excluding carboxylic acids is 1. The predicted molar refractivity (Wildman–Crippen MR) is 89.4 cm³/mol. The summed E-state index contributed by atoms with van der Waals surface area (Å²) >= 11 is 0. The first kappa shape index (κ1) is 15.7. The zero-order chi connectivity index (χ0) is 17.1. The molecule has 0 fully saturated rings. The van der Waals surface area contributed by atoms with E-state index >= 15 is 0 Å². The number of carbonyl (C=O) groups is 1. The number of nitrogens with zero attached hydrogens (tertiary/aromatic N) is 2. The van der Waals surface area contributed by atoms with Crippen LogP contribution in [0.1, 0.15) is 12.7 Å². The summed E-state index contributed by atoms with van der Waals surface area (Å²) in [4.78, 5) is 28.5. The lowest BCUT2D eigenvalue weighted by molar-refractivity contribution is -0.142. The van der Waals surface area contributed by atoms with Crippen molar-refractivity contribution in [3.8, 4) is 11.4 Å². The zero-order valence-corrected chi connectivity index (χ0v) is 13.4. The lowest BCUT2D eigenvalue weighted by Gasteiger charge is -2.14. The zero-order valence-electron chi connectivity index (χ0n) is 13.4. The highest BCUT2D eigenvalue weighted by molar-refractivity contribution is 5.77. The van der Waals surface area contributed by atoms with Gasteiger partial charge in [-0.3, -0.25) is 14.2 Å². The number of methoxy groups -OCH3 is 1. The maximum absolute atomic E-state index is 12.9. The van der Waals surface area contributed by atoms with Crippen LogP contribution in [-0.4, -0.2) is 22.6 Å². The second-order valence-corrected chi connectivity index (χ2v) is 5.16. The van der Waals surface area contributed by atoms with Crippen LogP contribution in [0, 0.1) is 0 Å². The van der Waals surface area contributed by atoms with Gasteiger partial charge < -0.3 is 9.47 Å². The smallest absolute Gasteiger partial charge is 0.303 e. The Morgan fingerprint density at radius 2 is 1.83 bits per heavy atom. The Labute approximate surface area is 138 Å². The Bertz CT molecular complexity index is 945. The number of fused-ring (bicyclic) bond motifs is 1. The van der Waals surface area contributed by atoms with Crippen molar-refractivity contribution in [2.45, 2.75) is 13.5 Å². The van der Waals surface area contributed by atoms with Crippen molar-refractivity contribution in [1.29, 1.82) is 0 Å². The first-order valence-corrected chi connectivity index (χ1v) is 7.38. The minimum atomic E-state index is -0.432. The van der Waals surface area contributed by atoms with E-state index < -0.39 is 5.97 Å². The molecule has 1 heterocycles. The molecule has 0 saturated heterocycles. The van der Waals surface area contributed by atoms with Gasteiger partial charge in [-0.2, -0.15) is 0 Å². The molecule has 0 aliphatic heterocycles. The van der Waals surface area contributed by atoms with Gasteiger partial charge in [0.25, 0.3) is 5.56 Å². The minimum Gasteiger partial charge on any atom is -0.497 e. The number of rotatable bonds is 4. The molecule has 6 nitrogen and oxygen atoms in total. The third-order valence-electron chi connectivity index (χ3n) is 3.58. The van der Waals surface area contributed by atoms with Gasteiger partial charge in [-0.25, -0.2) is 4.98 Å². The van der Waals surface area contributed by atoms with E-state index in [0.29, 0.717) is 28.2 Å². The molecule has 1 aromatic heterocycles. The Morgan fingerprint density at radius 1 is 1.12 bits per heavy atom. The number of ether oxygens (including phenoxy) is 2. The lowest BCUT2D eigenvalue weighted by Crippen LogP contribution is -2.24. The first-order chi connectivity index (χ1) is 11.6. The number of benzene rings is 2. The minimum absolute atomic E-state index is 0.0819. The Kier molecular flexibility index (Phi) is 4.29. The van der Waals surface area contributed by atoms with Gasteiger partial charge in [-0.1, -0.05) is 12.1 Å². The highest BCUT2D eigenvalue weighted by Crippen LogP contribution is 2.17. The van der Waals surface area contributed by atoms with Crippen LogP contribution in [0.15, 0.2) is 53.3 Å². The molecule has 0 radical (unpaired) electrons. The molecule has 3 rings (SSSR count). The molecule has 0 spiro atoms. The molecule has 2 aromatic carbocycles. The fraction of sp³-hybridized carbons (Fsp3) is 0.167. The molecule has 0 aliphatic rings. The van der Waals surface area contributed by atoms with Crippen molar-refractivity contribution in [3.63, 3.8) is 0 Å². The third-order valence-corrected chi connectivity index (χ3v) is 3.58. The van der Waals surface area contributed by atoms with Crippen molar-refractivity contribution in [2.75, 3.05) is 7.11 Å². The number of aromatic nitrogens is 2. The van der Waals surface area contributed by atoms with E-state index in [2.05, 4.69) is 4.98 Å². The standard InChI is InChI=1S/C18H16N2O4/c1-12(21)24-11-17-19-16-6-4-3-5-15(16)18(22)20(17)13-7-9-14(23-2)10-8-13/h3-10H,11H2,1-2H3. The summed E-state index contributed by atoms with van der Waals surface area (Å²) < 4.78 is 11.6. The molecule has 0 aliphatic carbocycles. The van der Waals surface area contributed by atoms with Gasteiger partial charge in [0.2, 0.25) is 0 Å². The normalized spacial score (nSPS) is 10.6. The van der Waals surface area contributed by atoms with Crippen molar-refractivity contribution < 1.29 is 14.3 Å². The molecule has 0 atom stereocenters. The Morgan fingerprint density at radius 3 is 2.50 bits per heavy atom. The molecule has 24 heavy (non-hydrogen) atoms. The molecule has 0 unspecified atom stereocenters. The van der Waals surface area contributed by atoms with E-state index in [1.807, 2.05) is 6.07 Å². The van der Waals surface area contributed by atoms with E-state index in [0.717, 1.165) is 0 Å². The summed E-state index contributed by atoms with van der Waals surface area (Å²) in [6.07, 6.45) is 0. The maximum atomic E-state index is 12.9. The van der Waals surface area contributed by atoms with Crippen molar-refractivity contribution in [2.24, 2.45) is 0 Å². The van der Waals surface area contributed by atoms with Gasteiger partial charge in [0.05, 0.1) is 23.7 Å². The average molecular weight is 324 g/mol. The second kappa shape index (κ2) is 6.54. The van der Waals surface area contributed by atoms with Gasteiger partial charge >= 0.3 is 5.97 Å². The summed E-state index contributed by atoms with van der Waals surface area (Å²) in [6.45, 7) is 1.23. The molecular weight excluding hydrogens is 308 g/mol. The van der Waals surface area contributed by atoms with Crippen LogP contribution in [0.4, 0.5) is 0 Å². The number of esters is 1. The topological polar surface area (TPSA) is 70.4 Å². The number of para-hydroxylation sites is 1. The van der Waals surface area contributed by atoms with Gasteiger partial charge in [-0.05, 0) is 36.4 Å². The van der Waals surface area contributed by atoms with Crippen molar-refractivity contribution in [3.05, 3.63) is 64.7 Å². The molecule has 0 N–H and O–H groups in total. The van der Waals surface area contributed by atoms with E-state index in [1.165, 1.54) is 11.5 Å². The van der Waals surface area contributed by atoms with Crippen LogP contribution in [0.2, 0.25) is 0 Å². The molecule has 0 saturated carbocycles. The van der Waals surface area contributed by atoms with Gasteiger partial charge in [0.15, 0.2) is 5.82 Å². The van der Waals surface area contributed by atoms with Crippen LogP contribution in [0.3, 0.4) is 0 Å². The SMILES string of the molecule is COc1ccc(-n2c(COC(C)=O)nc3ccccc3c2=O)cc1. The summed E-state index contributed by atoms with van der Waals surface area (Å²) in [5, 5.41) is 0.500. The molecule has 122 valence electrons. The first-order valence-electron chi connectivity index (χ1n) is 7.38. The van der Waals surface area contributed by atoms with Gasteiger partial charge in [0.1, 0.15) is 12.4 Å². The van der Waals surface area contributed by atoms with E-state index in [1.54, 1.807) is 49.6 Å². The summed E-state index contributed by atoms with van der Waals surface area (Å²) in [5.74, 6) is 0.611. The van der Waals surface area contributed by atoms with Gasteiger partial charge in [-0.15, -0.1) is 0 Å². The maximum Gasteiger partial charge on any atom is 0.303 e. The molecule has 0 bridgehead atoms. The number of hydrogen-bond acceptors (Lipinski definition) is 5. The third kappa shape index (κ3) is 2.99. The van der Waals surface area contributed by atoms with Crippen LogP contribution in [-0.2, 0) is 16.1 Å². The monoisotopic (exact) mass is 324 g/mol. The Hall–Kier alpha value is -3.15. The number of hydrogen-bond donors (Lipinski definition) is 0. The lowest BCUT2D eigenvalue weighted by atomic mass is 10.2. The largest absolute Gasteiger partial charge is 0.497 e. The Balaban J connectivity index is 2.21. The summed E-state index contributed by atoms with van der Waals surface area (Å²) in [7, 11) is 1.57. The predicted octanol–water partition coefficient (Wildman–Crippen LogP) is 2.46. The quantitative estimate of drug-likeness (QED) is 0.690. The van der Waals surface area contributed by atoms with Crippen LogP contribution in [0.5, 0.6) is 5.75 Å². The van der Waals surface area contributed by atoms with Crippen molar-refractivity contribution >= 4 is 16.9 Å². The summed E-state index contributed by atoms with van der Waals surface area (Å²) in [6, 6.07) is 14.1. The fourth-order valence-corrected chi connectivity index (χ4v) is 2.44. The van der Waals surface area contributed by atoms with E-state index in [4.69, 9.17) is 9.47 Å². The highest BCUT2D eigenvalue weighted by Gasteiger charge is 2.13. The van der Waals surface area contributed by atoms with E-state index in [-0.39, 0.29) is 12.2 Å². The second-order valence-electron chi connectivity index (χ2n) is 5.16. The molecule has 0 amide bonds. The average Bonchev–Trinajstić information content (AvgIpc) is 2.60. The summed E-state index contributed by atoms with van der Waals surface area (Å²) in [5.41, 5.74) is 0.975. The molecule has 6 heteroatoms. The highest BCUT2D eigenvalue weighted by atomic mass is 16.5. The van der Waals surface area contributed by atoms with Crippen LogP contribution >= 0.6 is 0 Å². The van der Waals surface area contributed by atoms with E-state index in [9.17, 15) is 9.59 Å². The molecule has 3 aromatic rings. The van der Waals surface area contributed by atoms with Crippen LogP contribution in [0.25, 0.3) is 16.6 Å². The molecular formula is C18H16N2O4. The van der Waals surface area contributed by atoms with Gasteiger partial charge in [0, 0.05) is 6.92 Å².